The largest absolute Gasteiger partial charge is 0.353 e. The number of benzene rings is 2. The highest BCUT2D eigenvalue weighted by Gasteiger charge is 2.31. The molecule has 0 saturated heterocycles. The molecule has 1 aliphatic rings. The van der Waals surface area contributed by atoms with E-state index in [9.17, 15) is 4.79 Å². The summed E-state index contributed by atoms with van der Waals surface area (Å²) in [6, 6.07) is 18.1. The lowest BCUT2D eigenvalue weighted by molar-refractivity contribution is -0.117. The summed E-state index contributed by atoms with van der Waals surface area (Å²) in [4.78, 5) is 20.4. The monoisotopic (exact) mass is 313 g/mol. The van der Waals surface area contributed by atoms with Gasteiger partial charge in [0.15, 0.2) is 0 Å². The van der Waals surface area contributed by atoms with Crippen molar-refractivity contribution in [3.05, 3.63) is 72.1 Å². The van der Waals surface area contributed by atoms with Crippen molar-refractivity contribution in [2.24, 2.45) is 0 Å². The molecule has 5 rings (SSSR count). The summed E-state index contributed by atoms with van der Waals surface area (Å²) in [7, 11) is 0. The molecule has 2 aromatic carbocycles. The van der Waals surface area contributed by atoms with Gasteiger partial charge >= 0.3 is 0 Å². The minimum atomic E-state index is -0.189. The van der Waals surface area contributed by atoms with Gasteiger partial charge < -0.3 is 10.3 Å². The quantitative estimate of drug-likeness (QED) is 0.588. The van der Waals surface area contributed by atoms with E-state index in [2.05, 4.69) is 27.4 Å². The highest BCUT2D eigenvalue weighted by Crippen LogP contribution is 2.36. The molecule has 0 fully saturated rings. The van der Waals surface area contributed by atoms with E-state index in [4.69, 9.17) is 0 Å². The standard InChI is InChI=1S/C20H15N3O/c24-20-15(13-6-2-4-8-17(13)23-20)11-18-19-14(9-10-21-18)12-5-1-3-7-16(12)22-19/h1-10,15,22H,11H2,(H,23,24). The molecular formula is C20H15N3O. The van der Waals surface area contributed by atoms with Crippen LogP contribution in [-0.4, -0.2) is 15.9 Å². The first kappa shape index (κ1) is 13.3. The van der Waals surface area contributed by atoms with E-state index in [0.29, 0.717) is 6.42 Å². The van der Waals surface area contributed by atoms with Gasteiger partial charge in [-0.25, -0.2) is 0 Å². The van der Waals surface area contributed by atoms with Gasteiger partial charge in [-0.1, -0.05) is 36.4 Å². The Hall–Kier alpha value is -3.14. The number of pyridine rings is 1. The fraction of sp³-hybridized carbons (Fsp3) is 0.100. The molecule has 1 amide bonds. The molecular weight excluding hydrogens is 298 g/mol. The SMILES string of the molecule is O=C1Nc2ccccc2C1Cc1nccc2c1[nH]c1ccccc12. The van der Waals surface area contributed by atoms with Gasteiger partial charge in [0.1, 0.15) is 0 Å². The van der Waals surface area contributed by atoms with Crippen LogP contribution < -0.4 is 5.32 Å². The Kier molecular flexibility index (Phi) is 2.73. The van der Waals surface area contributed by atoms with E-state index in [-0.39, 0.29) is 11.8 Å². The molecule has 1 atom stereocenters. The van der Waals surface area contributed by atoms with Crippen LogP contribution in [0.1, 0.15) is 17.2 Å². The Morgan fingerprint density at radius 1 is 0.958 bits per heavy atom. The molecule has 4 heteroatoms. The van der Waals surface area contributed by atoms with Gasteiger partial charge in [-0.3, -0.25) is 9.78 Å². The Balaban J connectivity index is 1.64. The van der Waals surface area contributed by atoms with Crippen LogP contribution in [0.5, 0.6) is 0 Å². The lowest BCUT2D eigenvalue weighted by Crippen LogP contribution is -2.15. The fourth-order valence-electron chi connectivity index (χ4n) is 3.66. The van der Waals surface area contributed by atoms with Crippen LogP contribution in [0.2, 0.25) is 0 Å². The number of amides is 1. The van der Waals surface area contributed by atoms with Crippen LogP contribution >= 0.6 is 0 Å². The third-order valence-electron chi connectivity index (χ3n) is 4.81. The van der Waals surface area contributed by atoms with Crippen LogP contribution in [0.15, 0.2) is 60.8 Å². The van der Waals surface area contributed by atoms with E-state index in [1.54, 1.807) is 0 Å². The zero-order valence-electron chi connectivity index (χ0n) is 12.9. The van der Waals surface area contributed by atoms with E-state index in [1.165, 1.54) is 5.39 Å². The van der Waals surface area contributed by atoms with Gasteiger partial charge in [-0.05, 0) is 23.8 Å². The number of anilines is 1. The van der Waals surface area contributed by atoms with Crippen LogP contribution in [0.25, 0.3) is 21.8 Å². The molecule has 2 N–H and O–H groups in total. The van der Waals surface area contributed by atoms with Gasteiger partial charge in [-0.2, -0.15) is 0 Å². The number of H-pyrrole nitrogens is 1. The molecule has 4 aromatic rings. The lowest BCUT2D eigenvalue weighted by atomic mass is 9.95. The van der Waals surface area contributed by atoms with Crippen molar-refractivity contribution in [1.29, 1.82) is 0 Å². The van der Waals surface area contributed by atoms with Crippen molar-refractivity contribution >= 4 is 33.4 Å². The maximum Gasteiger partial charge on any atom is 0.232 e. The number of carbonyl (C=O) groups excluding carboxylic acids is 1. The predicted octanol–water partition coefficient (Wildman–Crippen LogP) is 3.99. The van der Waals surface area contributed by atoms with Gasteiger partial charge in [0, 0.05) is 34.6 Å². The Morgan fingerprint density at radius 3 is 2.75 bits per heavy atom. The average Bonchev–Trinajstić information content (AvgIpc) is 3.14. The summed E-state index contributed by atoms with van der Waals surface area (Å²) in [5.74, 6) is -0.142. The van der Waals surface area contributed by atoms with Crippen molar-refractivity contribution in [2.45, 2.75) is 12.3 Å². The van der Waals surface area contributed by atoms with Crippen molar-refractivity contribution in [1.82, 2.24) is 9.97 Å². The molecule has 2 aromatic heterocycles. The lowest BCUT2D eigenvalue weighted by Gasteiger charge is -2.09. The van der Waals surface area contributed by atoms with E-state index < -0.39 is 0 Å². The fourth-order valence-corrected chi connectivity index (χ4v) is 3.66. The number of nitrogens with one attached hydrogen (secondary N) is 2. The van der Waals surface area contributed by atoms with Crippen molar-refractivity contribution in [2.75, 3.05) is 5.32 Å². The molecule has 1 unspecified atom stereocenters. The van der Waals surface area contributed by atoms with Crippen molar-refractivity contribution in [3.8, 4) is 0 Å². The number of fused-ring (bicyclic) bond motifs is 4. The highest BCUT2D eigenvalue weighted by molar-refractivity contribution is 6.08. The van der Waals surface area contributed by atoms with Gasteiger partial charge in [0.05, 0.1) is 17.1 Å². The first-order chi connectivity index (χ1) is 11.8. The molecule has 0 radical (unpaired) electrons. The first-order valence-corrected chi connectivity index (χ1v) is 8.05. The molecule has 1 aliphatic heterocycles. The molecule has 0 spiro atoms. The molecule has 24 heavy (non-hydrogen) atoms. The zero-order chi connectivity index (χ0) is 16.1. The van der Waals surface area contributed by atoms with E-state index in [0.717, 1.165) is 33.4 Å². The number of nitrogens with zero attached hydrogens (tertiary/aromatic N) is 1. The zero-order valence-corrected chi connectivity index (χ0v) is 12.9. The Labute approximate surface area is 138 Å². The minimum absolute atomic E-state index is 0.0473. The maximum absolute atomic E-state index is 12.4. The second kappa shape index (κ2) is 4.93. The molecule has 0 bridgehead atoms. The van der Waals surface area contributed by atoms with Crippen LogP contribution in [0.3, 0.4) is 0 Å². The van der Waals surface area contributed by atoms with E-state index in [1.807, 2.05) is 48.7 Å². The predicted molar refractivity (Wildman–Crippen MR) is 95.1 cm³/mol. The normalized spacial score (nSPS) is 16.5. The molecule has 4 nitrogen and oxygen atoms in total. The third kappa shape index (κ3) is 1.86. The summed E-state index contributed by atoms with van der Waals surface area (Å²) in [6.45, 7) is 0. The highest BCUT2D eigenvalue weighted by atomic mass is 16.2. The van der Waals surface area contributed by atoms with Crippen LogP contribution in [0, 0.1) is 0 Å². The molecule has 116 valence electrons. The maximum atomic E-state index is 12.4. The van der Waals surface area contributed by atoms with Crippen LogP contribution in [0.4, 0.5) is 5.69 Å². The topological polar surface area (TPSA) is 57.8 Å². The average molecular weight is 313 g/mol. The Bertz CT molecular complexity index is 1100. The number of para-hydroxylation sites is 2. The van der Waals surface area contributed by atoms with Gasteiger partial charge in [-0.15, -0.1) is 0 Å². The van der Waals surface area contributed by atoms with Gasteiger partial charge in [0.2, 0.25) is 5.91 Å². The number of aromatic nitrogens is 2. The number of aromatic amines is 1. The Morgan fingerprint density at radius 2 is 1.79 bits per heavy atom. The summed E-state index contributed by atoms with van der Waals surface area (Å²) in [5, 5.41) is 5.31. The third-order valence-corrected chi connectivity index (χ3v) is 4.81. The van der Waals surface area contributed by atoms with Crippen LogP contribution in [-0.2, 0) is 11.2 Å². The summed E-state index contributed by atoms with van der Waals surface area (Å²) < 4.78 is 0. The number of hydrogen-bond acceptors (Lipinski definition) is 2. The molecule has 0 saturated carbocycles. The number of rotatable bonds is 2. The second-order valence-electron chi connectivity index (χ2n) is 6.18. The summed E-state index contributed by atoms with van der Waals surface area (Å²) in [5.41, 5.74) is 5.02. The first-order valence-electron chi connectivity index (χ1n) is 8.05. The number of carbonyl (C=O) groups is 1. The number of hydrogen-bond donors (Lipinski definition) is 2. The second-order valence-corrected chi connectivity index (χ2v) is 6.18. The van der Waals surface area contributed by atoms with Crippen molar-refractivity contribution in [3.63, 3.8) is 0 Å². The molecule has 0 aliphatic carbocycles. The van der Waals surface area contributed by atoms with Gasteiger partial charge in [0.25, 0.3) is 0 Å². The van der Waals surface area contributed by atoms with E-state index >= 15 is 0 Å². The summed E-state index contributed by atoms with van der Waals surface area (Å²) in [6.07, 6.45) is 2.42. The van der Waals surface area contributed by atoms with Crippen molar-refractivity contribution < 1.29 is 4.79 Å². The molecule has 3 heterocycles. The smallest absolute Gasteiger partial charge is 0.232 e. The summed E-state index contributed by atoms with van der Waals surface area (Å²) >= 11 is 0. The minimum Gasteiger partial charge on any atom is -0.353 e.